The number of fused-ring (bicyclic) bond motifs is 1. The monoisotopic (exact) mass is 508 g/mol. The predicted octanol–water partition coefficient (Wildman–Crippen LogP) is 1.70. The van der Waals surface area contributed by atoms with Gasteiger partial charge in [-0.3, -0.25) is 33.8 Å². The zero-order chi connectivity index (χ0) is 25.5. The Balaban J connectivity index is 1.20. The normalized spacial score (nSPS) is 26.6. The number of imide groups is 1. The van der Waals surface area contributed by atoms with Gasteiger partial charge in [0.1, 0.15) is 6.04 Å². The highest BCUT2D eigenvalue weighted by atomic mass is 16.2. The number of hydrogen-bond donors (Lipinski definition) is 2. The first kappa shape index (κ1) is 24.8. The van der Waals surface area contributed by atoms with Crippen molar-refractivity contribution >= 4 is 22.8 Å². The molecule has 9 heteroatoms. The van der Waals surface area contributed by atoms with Crippen LogP contribution in [-0.4, -0.2) is 76.1 Å². The molecule has 4 heterocycles. The molecule has 2 N–H and O–H groups in total. The van der Waals surface area contributed by atoms with Crippen LogP contribution in [0.25, 0.3) is 11.0 Å². The molecule has 200 valence electrons. The maximum Gasteiger partial charge on any atom is 0.329 e. The van der Waals surface area contributed by atoms with Crippen molar-refractivity contribution in [3.05, 3.63) is 34.2 Å². The van der Waals surface area contributed by atoms with Gasteiger partial charge in [-0.15, -0.1) is 0 Å². The average Bonchev–Trinajstić information content (AvgIpc) is 3.67. The summed E-state index contributed by atoms with van der Waals surface area (Å²) in [5, 5.41) is 5.89. The van der Waals surface area contributed by atoms with E-state index in [4.69, 9.17) is 0 Å². The molecular weight excluding hydrogens is 468 g/mol. The number of piperidine rings is 2. The maximum absolute atomic E-state index is 13.6. The lowest BCUT2D eigenvalue weighted by Crippen LogP contribution is -2.53. The van der Waals surface area contributed by atoms with Gasteiger partial charge in [0.2, 0.25) is 11.8 Å². The molecule has 0 radical (unpaired) electrons. The predicted molar refractivity (Wildman–Crippen MR) is 142 cm³/mol. The van der Waals surface area contributed by atoms with Gasteiger partial charge in [0, 0.05) is 51.7 Å². The Bertz CT molecular complexity index is 1220. The zero-order valence-corrected chi connectivity index (χ0v) is 22.0. The minimum absolute atomic E-state index is 0.131. The number of benzene rings is 1. The third-order valence-electron chi connectivity index (χ3n) is 8.89. The highest BCUT2D eigenvalue weighted by Crippen LogP contribution is 2.32. The molecule has 4 fully saturated rings. The molecule has 1 aliphatic carbocycles. The second kappa shape index (κ2) is 10.3. The van der Waals surface area contributed by atoms with E-state index in [1.54, 1.807) is 4.57 Å². The first-order valence-electron chi connectivity index (χ1n) is 14.2. The van der Waals surface area contributed by atoms with Gasteiger partial charge in [0.25, 0.3) is 0 Å². The molecule has 4 aliphatic rings. The van der Waals surface area contributed by atoms with Crippen LogP contribution in [0.5, 0.6) is 0 Å². The van der Waals surface area contributed by atoms with Crippen LogP contribution in [0.15, 0.2) is 23.0 Å². The van der Waals surface area contributed by atoms with Crippen LogP contribution < -0.4 is 16.3 Å². The van der Waals surface area contributed by atoms with Crippen molar-refractivity contribution in [1.82, 2.24) is 29.6 Å². The Labute approximate surface area is 218 Å². The molecule has 1 aromatic heterocycles. The average molecular weight is 509 g/mol. The van der Waals surface area contributed by atoms with E-state index >= 15 is 0 Å². The summed E-state index contributed by atoms with van der Waals surface area (Å²) in [5.41, 5.74) is 2.78. The van der Waals surface area contributed by atoms with Crippen LogP contribution in [-0.2, 0) is 22.7 Å². The Morgan fingerprint density at radius 3 is 2.43 bits per heavy atom. The van der Waals surface area contributed by atoms with Crippen molar-refractivity contribution in [2.75, 3.05) is 39.3 Å². The number of piperazine rings is 1. The number of nitrogens with zero attached hydrogens (tertiary/aromatic N) is 4. The highest BCUT2D eigenvalue weighted by molar-refractivity contribution is 6.00. The van der Waals surface area contributed by atoms with E-state index in [2.05, 4.69) is 39.5 Å². The van der Waals surface area contributed by atoms with Crippen molar-refractivity contribution in [2.45, 2.75) is 70.6 Å². The smallest absolute Gasteiger partial charge is 0.317 e. The molecule has 0 bridgehead atoms. The summed E-state index contributed by atoms with van der Waals surface area (Å²) in [7, 11) is 0. The van der Waals surface area contributed by atoms with Gasteiger partial charge in [0.05, 0.1) is 11.0 Å². The summed E-state index contributed by atoms with van der Waals surface area (Å²) in [6, 6.07) is 6.18. The van der Waals surface area contributed by atoms with Crippen molar-refractivity contribution in [3.8, 4) is 0 Å². The van der Waals surface area contributed by atoms with Gasteiger partial charge in [-0.25, -0.2) is 4.79 Å². The maximum atomic E-state index is 13.6. The summed E-state index contributed by atoms with van der Waals surface area (Å²) in [5.74, 6) is 0.720. The van der Waals surface area contributed by atoms with Gasteiger partial charge in [-0.1, -0.05) is 6.07 Å². The molecule has 1 unspecified atom stereocenters. The SMILES string of the molecule is C[C@H]1CN(Cc2ccc3c(c2)n(CC2CC2)c(=O)n3C2CCC(=O)NC2=O)CCN1CC1CCNCC1. The molecular formula is C28H40N6O3. The topological polar surface area (TPSA) is 91.6 Å². The molecule has 3 aliphatic heterocycles. The molecule has 1 aromatic carbocycles. The molecule has 9 nitrogen and oxygen atoms in total. The summed E-state index contributed by atoms with van der Waals surface area (Å²) in [6.45, 7) is 10.6. The van der Waals surface area contributed by atoms with E-state index in [-0.39, 0.29) is 23.9 Å². The van der Waals surface area contributed by atoms with Gasteiger partial charge in [-0.2, -0.15) is 0 Å². The van der Waals surface area contributed by atoms with Crippen LogP contribution in [0.3, 0.4) is 0 Å². The van der Waals surface area contributed by atoms with Crippen LogP contribution in [0.1, 0.15) is 57.1 Å². The summed E-state index contributed by atoms with van der Waals surface area (Å²) in [6.07, 6.45) is 5.50. The second-order valence-corrected chi connectivity index (χ2v) is 11.8. The number of imidazole rings is 1. The van der Waals surface area contributed by atoms with Crippen LogP contribution >= 0.6 is 0 Å². The molecule has 1 saturated carbocycles. The molecule has 2 aromatic rings. The first-order chi connectivity index (χ1) is 18.0. The molecule has 0 spiro atoms. The minimum atomic E-state index is -0.632. The van der Waals surface area contributed by atoms with Gasteiger partial charge >= 0.3 is 5.69 Å². The highest BCUT2D eigenvalue weighted by Gasteiger charge is 2.33. The number of carbonyl (C=O) groups is 2. The van der Waals surface area contributed by atoms with Crippen LogP contribution in [0.4, 0.5) is 0 Å². The lowest BCUT2D eigenvalue weighted by Gasteiger charge is -2.42. The van der Waals surface area contributed by atoms with E-state index < -0.39 is 6.04 Å². The van der Waals surface area contributed by atoms with Crippen molar-refractivity contribution < 1.29 is 9.59 Å². The lowest BCUT2D eigenvalue weighted by atomic mass is 9.96. The molecule has 2 amide bonds. The zero-order valence-electron chi connectivity index (χ0n) is 22.0. The van der Waals surface area contributed by atoms with Gasteiger partial charge in [0.15, 0.2) is 0 Å². The number of hydrogen-bond acceptors (Lipinski definition) is 6. The standard InChI is InChI=1S/C28H40N6O3/c1-19-15-31(12-13-32(19)17-21-8-10-29-11-9-21)16-22-4-5-23-25(14-22)33(18-20-2-3-20)28(37)34(23)24-6-7-26(35)30-27(24)36/h4-5,14,19-21,24,29H,2-3,6-13,15-18H2,1H3,(H,30,35,36)/t19-,24?/m0/s1. The Kier molecular flexibility index (Phi) is 6.94. The molecule has 3 saturated heterocycles. The Morgan fingerprint density at radius 1 is 0.919 bits per heavy atom. The number of nitrogens with one attached hydrogen (secondary N) is 2. The van der Waals surface area contributed by atoms with E-state index in [0.717, 1.165) is 69.1 Å². The largest absolute Gasteiger partial charge is 0.329 e. The van der Waals surface area contributed by atoms with E-state index in [9.17, 15) is 14.4 Å². The third kappa shape index (κ3) is 5.26. The van der Waals surface area contributed by atoms with E-state index in [0.29, 0.717) is 24.9 Å². The number of rotatable bonds is 7. The van der Waals surface area contributed by atoms with Gasteiger partial charge < -0.3 is 5.32 Å². The number of carbonyl (C=O) groups excluding carboxylic acids is 2. The van der Waals surface area contributed by atoms with Gasteiger partial charge in [-0.05, 0) is 81.6 Å². The fourth-order valence-corrected chi connectivity index (χ4v) is 6.53. The Morgan fingerprint density at radius 2 is 1.70 bits per heavy atom. The van der Waals surface area contributed by atoms with E-state index in [1.165, 1.54) is 24.9 Å². The fraction of sp³-hybridized carbons (Fsp3) is 0.679. The van der Waals surface area contributed by atoms with Crippen molar-refractivity contribution in [3.63, 3.8) is 0 Å². The molecule has 37 heavy (non-hydrogen) atoms. The second-order valence-electron chi connectivity index (χ2n) is 11.8. The fourth-order valence-electron chi connectivity index (χ4n) is 6.53. The summed E-state index contributed by atoms with van der Waals surface area (Å²) in [4.78, 5) is 43.1. The lowest BCUT2D eigenvalue weighted by molar-refractivity contribution is -0.135. The van der Waals surface area contributed by atoms with Crippen molar-refractivity contribution in [2.24, 2.45) is 11.8 Å². The molecule has 2 atom stereocenters. The van der Waals surface area contributed by atoms with Crippen LogP contribution in [0.2, 0.25) is 0 Å². The summed E-state index contributed by atoms with van der Waals surface area (Å²) < 4.78 is 3.50. The van der Waals surface area contributed by atoms with Crippen LogP contribution in [0, 0.1) is 11.8 Å². The van der Waals surface area contributed by atoms with E-state index in [1.807, 2.05) is 10.6 Å². The van der Waals surface area contributed by atoms with Crippen molar-refractivity contribution in [1.29, 1.82) is 0 Å². The number of amides is 2. The first-order valence-corrected chi connectivity index (χ1v) is 14.2. The number of aromatic nitrogens is 2. The third-order valence-corrected chi connectivity index (χ3v) is 8.89. The minimum Gasteiger partial charge on any atom is -0.317 e. The summed E-state index contributed by atoms with van der Waals surface area (Å²) >= 11 is 0. The molecule has 6 rings (SSSR count). The quantitative estimate of drug-likeness (QED) is 0.554. The Hall–Kier alpha value is -2.49.